The molecule has 0 saturated carbocycles. The van der Waals surface area contributed by atoms with Crippen LogP contribution in [-0.4, -0.2) is 159 Å². The largest absolute Gasteiger partial charge is 0.469 e. The van der Waals surface area contributed by atoms with Crippen LogP contribution in [0.5, 0.6) is 0 Å². The van der Waals surface area contributed by atoms with Crippen molar-refractivity contribution in [2.24, 2.45) is 23.2 Å². The second-order valence-electron chi connectivity index (χ2n) is 19.9. The molecule has 3 heterocycles. The highest BCUT2D eigenvalue weighted by Crippen LogP contribution is 2.59. The number of amides is 1. The number of methoxy groups -OCH3 is 2. The summed E-state index contributed by atoms with van der Waals surface area (Å²) in [7, 11) is 1.12. The van der Waals surface area contributed by atoms with Crippen molar-refractivity contribution < 1.29 is 72.6 Å². The van der Waals surface area contributed by atoms with E-state index in [0.717, 1.165) is 16.7 Å². The first-order valence-corrected chi connectivity index (χ1v) is 25.4. The van der Waals surface area contributed by atoms with E-state index in [1.807, 2.05) is 78.0 Å². The number of oxazole rings is 1. The molecule has 0 bridgehead atoms. The maximum Gasteiger partial charge on any atom is 0.469 e. The van der Waals surface area contributed by atoms with Gasteiger partial charge in [-0.3, -0.25) is 9.32 Å². The fourth-order valence-electron chi connectivity index (χ4n) is 8.96. The molecule has 3 rings (SSSR count). The molecule has 0 aliphatic carbocycles. The van der Waals surface area contributed by atoms with Crippen LogP contribution < -0.4 is 5.32 Å². The molecule has 2 saturated heterocycles. The minimum atomic E-state index is -5.15. The fraction of sp³-hybridized carbons (Fsp3) is 0.700. The molecule has 2 aliphatic rings. The normalized spacial score (nSPS) is 27.6. The summed E-state index contributed by atoms with van der Waals surface area (Å²) in [6, 6.07) is 1.40. The van der Waals surface area contributed by atoms with Crippen molar-refractivity contribution in [3.63, 3.8) is 0 Å². The Labute approximate surface area is 414 Å². The van der Waals surface area contributed by atoms with Crippen LogP contribution in [0.4, 0.5) is 0 Å². The number of phosphoric acid groups is 1. The Morgan fingerprint density at radius 3 is 2.36 bits per heavy atom. The SMILES string of the molecule is COC[C@H]([C@@H](O)[C@@H](O)C(=O)NCC[C@@H](C)c1nc(/C=C/C[C@H]2O[C@]3(C[C@H](O)[C@H]2C)O[C@@H]([C@@H](C[C@@H](O)[C@@H](C)[C@@H](O)[C@@H](C)/C=C(C)/C(C)=C/C=C/C(C)=C\C#N)OC)[C@@H](OP(=O)(O)O)C3(C)C)co1)N(C)C. The van der Waals surface area contributed by atoms with Crippen LogP contribution in [-0.2, 0) is 32.8 Å². The Balaban J connectivity index is 1.74. The fourth-order valence-corrected chi connectivity index (χ4v) is 9.64. The minimum Gasteiger partial charge on any atom is -0.448 e. The maximum atomic E-state index is 12.6. The average molecular weight is 1010 g/mol. The Bertz CT molecular complexity index is 2080. The van der Waals surface area contributed by atoms with E-state index in [1.54, 1.807) is 45.8 Å². The number of aromatic nitrogens is 1. The van der Waals surface area contributed by atoms with Crippen LogP contribution in [0.1, 0.15) is 105 Å². The molecule has 8 N–H and O–H groups in total. The molecular formula is C50H81N4O15P. The standard InChI is InChI=1S/C50H81N4O15P/c1-29(20-22-51)16-14-17-30(2)32(4)24-33(5)42(57)35(7)38(55)25-41(65-13)45-46(69-70(61,62)63)49(8,9)50(68-45)26-39(56)34(6)40(67-50)19-15-18-36-27-66-48(53-36)31(3)21-23-52-47(60)44(59)43(58)37(28-64-12)54(10)11/h14-18,20,24,27,31,33-35,37-46,55-59H,19,21,23,25-26,28H2,1-13H3,(H,52,60)(H2,61,62,63)/b16-14+,18-15+,29-20-,30-17+,32-24+/t31-,33+,34-,35-,37-,38-,39+,40-,41-,42+,43-,44-,45+,46-,50-/m1/s1. The van der Waals surface area contributed by atoms with Crippen LogP contribution in [0, 0.1) is 34.5 Å². The van der Waals surface area contributed by atoms with Crippen LogP contribution in [0.3, 0.4) is 0 Å². The number of allylic oxidation sites excluding steroid dienone is 7. The molecule has 70 heavy (non-hydrogen) atoms. The smallest absolute Gasteiger partial charge is 0.448 e. The molecule has 1 amide bonds. The Morgan fingerprint density at radius 2 is 1.76 bits per heavy atom. The number of ether oxygens (including phenoxy) is 4. The first-order chi connectivity index (χ1) is 32.6. The number of nitriles is 1. The van der Waals surface area contributed by atoms with E-state index in [4.69, 9.17) is 33.2 Å². The highest BCUT2D eigenvalue weighted by atomic mass is 31.2. The summed E-state index contributed by atoms with van der Waals surface area (Å²) >= 11 is 0. The van der Waals surface area contributed by atoms with Gasteiger partial charge in [0.25, 0.3) is 5.91 Å². The summed E-state index contributed by atoms with van der Waals surface area (Å²) in [6.07, 6.45) is 4.10. The van der Waals surface area contributed by atoms with Crippen LogP contribution in [0.25, 0.3) is 6.08 Å². The summed E-state index contributed by atoms with van der Waals surface area (Å²) in [6.45, 7) is 16.6. The highest BCUT2D eigenvalue weighted by Gasteiger charge is 2.68. The predicted molar refractivity (Wildman–Crippen MR) is 262 cm³/mol. The van der Waals surface area contributed by atoms with E-state index in [-0.39, 0.29) is 44.2 Å². The minimum absolute atomic E-state index is 0.0645. The van der Waals surface area contributed by atoms with E-state index >= 15 is 0 Å². The number of nitrogens with zero attached hydrogens (tertiary/aromatic N) is 3. The van der Waals surface area contributed by atoms with Crippen molar-refractivity contribution in [2.45, 2.75) is 161 Å². The third-order valence-electron chi connectivity index (χ3n) is 14.0. The lowest BCUT2D eigenvalue weighted by molar-refractivity contribution is -0.334. The summed E-state index contributed by atoms with van der Waals surface area (Å²) in [4.78, 5) is 39.2. The molecular weight excluding hydrogens is 928 g/mol. The molecule has 1 aromatic rings. The summed E-state index contributed by atoms with van der Waals surface area (Å²) in [5, 5.41) is 67.1. The molecule has 0 unspecified atom stereocenters. The quantitative estimate of drug-likeness (QED) is 0.0355. The molecule has 0 radical (unpaired) electrons. The van der Waals surface area contributed by atoms with Gasteiger partial charge in [-0.05, 0) is 64.9 Å². The zero-order valence-electron chi connectivity index (χ0n) is 43.1. The van der Waals surface area contributed by atoms with Crippen molar-refractivity contribution in [3.05, 3.63) is 71.0 Å². The number of carbonyl (C=O) groups excluding carboxylic acids is 1. The predicted octanol–water partition coefficient (Wildman–Crippen LogP) is 4.69. The number of rotatable bonds is 26. The van der Waals surface area contributed by atoms with Crippen LogP contribution in [0.15, 0.2) is 63.9 Å². The Hall–Kier alpha value is -3.42. The lowest BCUT2D eigenvalue weighted by Crippen LogP contribution is -2.58. The Morgan fingerprint density at radius 1 is 1.09 bits per heavy atom. The number of hydrogen-bond acceptors (Lipinski definition) is 16. The first-order valence-electron chi connectivity index (χ1n) is 23.8. The van der Waals surface area contributed by atoms with E-state index in [1.165, 1.54) is 26.6 Å². The number of hydrogen-bond donors (Lipinski definition) is 8. The molecule has 15 atom stereocenters. The van der Waals surface area contributed by atoms with Crippen LogP contribution in [0.2, 0.25) is 0 Å². The molecule has 1 aromatic heterocycles. The van der Waals surface area contributed by atoms with Gasteiger partial charge >= 0.3 is 7.82 Å². The van der Waals surface area contributed by atoms with Gasteiger partial charge in [0.2, 0.25) is 0 Å². The lowest BCUT2D eigenvalue weighted by Gasteiger charge is -2.50. The lowest BCUT2D eigenvalue weighted by atomic mass is 9.72. The van der Waals surface area contributed by atoms with E-state index in [2.05, 4.69) is 10.3 Å². The number of carbonyl (C=O) groups is 1. The van der Waals surface area contributed by atoms with E-state index < -0.39 is 97.7 Å². The maximum absolute atomic E-state index is 12.6. The third kappa shape index (κ3) is 16.3. The number of phosphoric ester groups is 1. The van der Waals surface area contributed by atoms with Crippen molar-refractivity contribution >= 4 is 19.8 Å². The Kier molecular flexibility index (Phi) is 23.5. The van der Waals surface area contributed by atoms with Gasteiger partial charge in [0.05, 0.1) is 49.2 Å². The van der Waals surface area contributed by atoms with Gasteiger partial charge in [0.15, 0.2) is 17.8 Å². The zero-order valence-corrected chi connectivity index (χ0v) is 44.0. The second kappa shape index (κ2) is 27.0. The van der Waals surface area contributed by atoms with Crippen molar-refractivity contribution in [1.29, 1.82) is 5.26 Å². The van der Waals surface area contributed by atoms with Gasteiger partial charge in [0.1, 0.15) is 30.3 Å². The number of nitrogens with one attached hydrogen (secondary N) is 1. The van der Waals surface area contributed by atoms with Gasteiger partial charge in [-0.2, -0.15) is 5.26 Å². The molecule has 0 aromatic carbocycles. The first kappa shape index (κ1) is 60.9. The number of likely N-dealkylation sites (N-methyl/N-ethyl adjacent to an activating group) is 1. The summed E-state index contributed by atoms with van der Waals surface area (Å²) in [5.41, 5.74) is 1.87. The topological polar surface area (TPSA) is 287 Å². The van der Waals surface area contributed by atoms with E-state index in [9.17, 15) is 44.7 Å². The molecule has 1 spiro atoms. The van der Waals surface area contributed by atoms with Gasteiger partial charge in [0, 0.05) is 68.8 Å². The zero-order chi connectivity index (χ0) is 52.9. The third-order valence-corrected chi connectivity index (χ3v) is 14.5. The molecule has 396 valence electrons. The summed E-state index contributed by atoms with van der Waals surface area (Å²) in [5.74, 6) is -3.63. The molecule has 2 fully saturated rings. The van der Waals surface area contributed by atoms with Gasteiger partial charge in [-0.1, -0.05) is 77.5 Å². The highest BCUT2D eigenvalue weighted by molar-refractivity contribution is 7.46. The van der Waals surface area contributed by atoms with Crippen LogP contribution >= 0.6 is 7.82 Å². The molecule has 19 nitrogen and oxygen atoms in total. The van der Waals surface area contributed by atoms with E-state index in [0.29, 0.717) is 18.0 Å². The average Bonchev–Trinajstić information content (AvgIpc) is 3.84. The molecule has 2 aliphatic heterocycles. The molecule has 20 heteroatoms. The van der Waals surface area contributed by atoms with Crippen molar-refractivity contribution in [1.82, 2.24) is 15.2 Å². The summed E-state index contributed by atoms with van der Waals surface area (Å²) < 4.78 is 48.2. The van der Waals surface area contributed by atoms with Gasteiger partial charge in [-0.25, -0.2) is 9.55 Å². The number of aliphatic hydroxyl groups excluding tert-OH is 5. The van der Waals surface area contributed by atoms with Gasteiger partial charge < -0.3 is 68.9 Å². The monoisotopic (exact) mass is 1010 g/mol. The van der Waals surface area contributed by atoms with Crippen molar-refractivity contribution in [2.75, 3.05) is 41.5 Å². The second-order valence-corrected chi connectivity index (χ2v) is 21.1. The number of aliphatic hydroxyl groups is 5. The van der Waals surface area contributed by atoms with Gasteiger partial charge in [-0.15, -0.1) is 0 Å². The van der Waals surface area contributed by atoms with Crippen molar-refractivity contribution in [3.8, 4) is 6.07 Å².